The monoisotopic (exact) mass is 320 g/mol. The normalized spacial score (nSPS) is 16.4. The number of ether oxygens (including phenoxy) is 1. The van der Waals surface area contributed by atoms with Crippen LogP contribution in [0.5, 0.6) is 5.75 Å². The molecular weight excluding hydrogens is 310 g/mol. The van der Waals surface area contributed by atoms with Crippen molar-refractivity contribution >= 4 is 21.9 Å². The van der Waals surface area contributed by atoms with Crippen molar-refractivity contribution in [2.45, 2.75) is 24.7 Å². The third kappa shape index (κ3) is 2.09. The summed E-state index contributed by atoms with van der Waals surface area (Å²) < 4.78 is 32.9. The average molecular weight is 321 g/mol. The predicted octanol–water partition coefficient (Wildman–Crippen LogP) is 3.24. The van der Waals surface area contributed by atoms with Crippen molar-refractivity contribution < 1.29 is 23.4 Å². The number of carboxylic acid groups (broad SMARTS) is 1. The first-order valence-corrected chi connectivity index (χ1v) is 6.14. The van der Waals surface area contributed by atoms with E-state index in [-0.39, 0.29) is 22.2 Å². The summed E-state index contributed by atoms with van der Waals surface area (Å²) in [4.78, 5) is 10.8. The van der Waals surface area contributed by atoms with Crippen LogP contribution in [-0.2, 0) is 10.2 Å². The number of carbonyl (C=O) groups is 1. The number of benzene rings is 1. The van der Waals surface area contributed by atoms with E-state index in [0.29, 0.717) is 12.8 Å². The van der Waals surface area contributed by atoms with Gasteiger partial charge in [-0.1, -0.05) is 0 Å². The first-order chi connectivity index (χ1) is 8.41. The van der Waals surface area contributed by atoms with E-state index in [1.54, 1.807) is 0 Å². The smallest absolute Gasteiger partial charge is 0.304 e. The van der Waals surface area contributed by atoms with Gasteiger partial charge in [0.05, 0.1) is 18.0 Å². The number of halogens is 3. The molecule has 0 radical (unpaired) electrons. The van der Waals surface area contributed by atoms with Gasteiger partial charge >= 0.3 is 5.97 Å². The summed E-state index contributed by atoms with van der Waals surface area (Å²) in [6.45, 7) is 0. The molecule has 1 aliphatic carbocycles. The van der Waals surface area contributed by atoms with Gasteiger partial charge in [-0.05, 0) is 28.8 Å². The van der Waals surface area contributed by atoms with E-state index in [1.165, 1.54) is 7.11 Å². The van der Waals surface area contributed by atoms with E-state index >= 15 is 0 Å². The van der Waals surface area contributed by atoms with Gasteiger partial charge in [-0.3, -0.25) is 4.79 Å². The van der Waals surface area contributed by atoms with Crippen LogP contribution in [0.15, 0.2) is 10.5 Å². The van der Waals surface area contributed by atoms with Crippen LogP contribution >= 0.6 is 15.9 Å². The Labute approximate surface area is 111 Å². The van der Waals surface area contributed by atoms with E-state index in [4.69, 9.17) is 9.84 Å². The van der Waals surface area contributed by atoms with E-state index in [1.807, 2.05) is 0 Å². The standard InChI is InChI=1S/C12H11BrF2O3/c1-18-7-4-6(14)9(11(15)10(7)13)12(2-3-12)5-8(16)17/h4H,2-3,5H2,1H3,(H,16,17). The first-order valence-electron chi connectivity index (χ1n) is 5.35. The molecule has 0 heterocycles. The minimum Gasteiger partial charge on any atom is -0.495 e. The summed E-state index contributed by atoms with van der Waals surface area (Å²) in [5, 5.41) is 8.82. The lowest BCUT2D eigenvalue weighted by molar-refractivity contribution is -0.137. The van der Waals surface area contributed by atoms with Crippen molar-refractivity contribution in [2.75, 3.05) is 7.11 Å². The highest BCUT2D eigenvalue weighted by molar-refractivity contribution is 9.10. The first kappa shape index (κ1) is 13.3. The van der Waals surface area contributed by atoms with Gasteiger partial charge in [-0.15, -0.1) is 0 Å². The Morgan fingerprint density at radius 2 is 2.17 bits per heavy atom. The summed E-state index contributed by atoms with van der Waals surface area (Å²) in [5.74, 6) is -2.53. The molecule has 1 N–H and O–H groups in total. The molecule has 6 heteroatoms. The Balaban J connectivity index is 2.52. The molecule has 2 rings (SSSR count). The maximum Gasteiger partial charge on any atom is 0.304 e. The maximum atomic E-state index is 14.1. The molecule has 1 aromatic carbocycles. The molecule has 0 aliphatic heterocycles. The highest BCUT2D eigenvalue weighted by Gasteiger charge is 2.50. The van der Waals surface area contributed by atoms with Gasteiger partial charge < -0.3 is 9.84 Å². The molecule has 98 valence electrons. The minimum atomic E-state index is -1.06. The summed E-state index contributed by atoms with van der Waals surface area (Å²) in [6, 6.07) is 1.07. The van der Waals surface area contributed by atoms with Gasteiger partial charge in [0.15, 0.2) is 0 Å². The second-order valence-electron chi connectivity index (χ2n) is 4.41. The lowest BCUT2D eigenvalue weighted by Crippen LogP contribution is -2.17. The van der Waals surface area contributed by atoms with Crippen molar-refractivity contribution in [1.82, 2.24) is 0 Å². The molecule has 0 amide bonds. The molecule has 1 fully saturated rings. The number of methoxy groups -OCH3 is 1. The molecule has 1 aromatic rings. The van der Waals surface area contributed by atoms with E-state index in [0.717, 1.165) is 6.07 Å². The van der Waals surface area contributed by atoms with Gasteiger partial charge in [0.25, 0.3) is 0 Å². The number of hydrogen-bond acceptors (Lipinski definition) is 2. The Bertz CT molecular complexity index is 513. The molecule has 0 aromatic heterocycles. The van der Waals surface area contributed by atoms with Crippen LogP contribution in [0.3, 0.4) is 0 Å². The van der Waals surface area contributed by atoms with Gasteiger partial charge in [0, 0.05) is 17.0 Å². The van der Waals surface area contributed by atoms with Crippen LogP contribution in [0.25, 0.3) is 0 Å². The van der Waals surface area contributed by atoms with Crippen LogP contribution in [0.4, 0.5) is 8.78 Å². The Kier molecular flexibility index (Phi) is 3.31. The Morgan fingerprint density at radius 3 is 2.61 bits per heavy atom. The molecule has 0 bridgehead atoms. The molecule has 3 nitrogen and oxygen atoms in total. The van der Waals surface area contributed by atoms with Crippen LogP contribution in [0.2, 0.25) is 0 Å². The zero-order chi connectivity index (χ0) is 13.5. The average Bonchev–Trinajstić information content (AvgIpc) is 3.03. The third-order valence-electron chi connectivity index (χ3n) is 3.22. The molecule has 1 saturated carbocycles. The molecular formula is C12H11BrF2O3. The highest BCUT2D eigenvalue weighted by atomic mass is 79.9. The van der Waals surface area contributed by atoms with Crippen molar-refractivity contribution in [1.29, 1.82) is 0 Å². The van der Waals surface area contributed by atoms with E-state index < -0.39 is 23.0 Å². The summed E-state index contributed by atoms with van der Waals surface area (Å²) in [7, 11) is 1.31. The largest absolute Gasteiger partial charge is 0.495 e. The molecule has 0 spiro atoms. The van der Waals surface area contributed by atoms with Crippen molar-refractivity contribution in [2.24, 2.45) is 0 Å². The van der Waals surface area contributed by atoms with Gasteiger partial charge in [0.2, 0.25) is 0 Å². The fourth-order valence-electron chi connectivity index (χ4n) is 2.16. The summed E-state index contributed by atoms with van der Waals surface area (Å²) >= 11 is 3.00. The predicted molar refractivity (Wildman–Crippen MR) is 63.8 cm³/mol. The number of aliphatic carboxylic acids is 1. The third-order valence-corrected chi connectivity index (χ3v) is 3.96. The van der Waals surface area contributed by atoms with Crippen LogP contribution in [0.1, 0.15) is 24.8 Å². The molecule has 0 unspecified atom stereocenters. The number of rotatable bonds is 4. The van der Waals surface area contributed by atoms with Crippen molar-refractivity contribution in [3.05, 3.63) is 27.7 Å². The van der Waals surface area contributed by atoms with E-state index in [2.05, 4.69) is 15.9 Å². The van der Waals surface area contributed by atoms with Crippen molar-refractivity contribution in [3.8, 4) is 5.75 Å². The highest BCUT2D eigenvalue weighted by Crippen LogP contribution is 2.54. The van der Waals surface area contributed by atoms with Crippen LogP contribution < -0.4 is 4.74 Å². The second-order valence-corrected chi connectivity index (χ2v) is 5.21. The topological polar surface area (TPSA) is 46.5 Å². The Hall–Kier alpha value is -1.17. The summed E-state index contributed by atoms with van der Waals surface area (Å²) in [5.41, 5.74) is -1.06. The fourth-order valence-corrected chi connectivity index (χ4v) is 2.64. The van der Waals surface area contributed by atoms with Gasteiger partial charge in [0.1, 0.15) is 17.4 Å². The zero-order valence-corrected chi connectivity index (χ0v) is 11.2. The van der Waals surface area contributed by atoms with Crippen molar-refractivity contribution in [3.63, 3.8) is 0 Å². The number of carboxylic acids is 1. The molecule has 0 saturated heterocycles. The molecule has 0 atom stereocenters. The lowest BCUT2D eigenvalue weighted by atomic mass is 9.91. The SMILES string of the molecule is COc1cc(F)c(C2(CC(=O)O)CC2)c(F)c1Br. The van der Waals surface area contributed by atoms with Crippen LogP contribution in [0, 0.1) is 11.6 Å². The summed E-state index contributed by atoms with van der Waals surface area (Å²) in [6.07, 6.45) is 0.692. The molecule has 18 heavy (non-hydrogen) atoms. The minimum absolute atomic E-state index is 0.0260. The molecule has 1 aliphatic rings. The number of hydrogen-bond donors (Lipinski definition) is 1. The maximum absolute atomic E-state index is 14.1. The second kappa shape index (κ2) is 4.50. The lowest BCUT2D eigenvalue weighted by Gasteiger charge is -2.17. The Morgan fingerprint density at radius 1 is 1.56 bits per heavy atom. The van der Waals surface area contributed by atoms with Gasteiger partial charge in [-0.2, -0.15) is 0 Å². The van der Waals surface area contributed by atoms with Gasteiger partial charge in [-0.25, -0.2) is 8.78 Å². The van der Waals surface area contributed by atoms with Crippen LogP contribution in [-0.4, -0.2) is 18.2 Å². The zero-order valence-electron chi connectivity index (χ0n) is 9.60. The quantitative estimate of drug-likeness (QED) is 0.866. The van der Waals surface area contributed by atoms with E-state index in [9.17, 15) is 13.6 Å². The fraction of sp³-hybridized carbons (Fsp3) is 0.417.